The van der Waals surface area contributed by atoms with E-state index in [9.17, 15) is 4.79 Å². The van der Waals surface area contributed by atoms with Crippen molar-refractivity contribution in [1.29, 1.82) is 0 Å². The zero-order chi connectivity index (χ0) is 10.1. The molecule has 0 spiro atoms. The van der Waals surface area contributed by atoms with Gasteiger partial charge in [-0.2, -0.15) is 0 Å². The number of rotatable bonds is 7. The molecule has 0 aliphatic rings. The fraction of sp³-hybridized carbons (Fsp3) is 0.889. The number of hydrogen-bond acceptors (Lipinski definition) is 4. The number of ether oxygens (including phenoxy) is 3. The van der Waals surface area contributed by atoms with Crippen molar-refractivity contribution < 1.29 is 19.0 Å². The number of methoxy groups -OCH3 is 1. The molecular weight excluding hydrogens is 172 g/mol. The summed E-state index contributed by atoms with van der Waals surface area (Å²) in [5.74, 6) is -0.351. The monoisotopic (exact) mass is 190 g/mol. The maximum Gasteiger partial charge on any atom is 0.334 e. The summed E-state index contributed by atoms with van der Waals surface area (Å²) in [6, 6.07) is 0. The lowest BCUT2D eigenvalue weighted by molar-refractivity contribution is -0.153. The van der Waals surface area contributed by atoms with Crippen LogP contribution in [0.5, 0.6) is 0 Å². The normalized spacial score (nSPS) is 12.5. The molecule has 78 valence electrons. The van der Waals surface area contributed by atoms with Gasteiger partial charge in [0.05, 0.1) is 20.3 Å². The predicted molar refractivity (Wildman–Crippen MR) is 48.5 cm³/mol. The highest BCUT2D eigenvalue weighted by molar-refractivity contribution is 5.73. The molecule has 0 saturated heterocycles. The summed E-state index contributed by atoms with van der Waals surface area (Å²) in [7, 11) is 1.34. The van der Waals surface area contributed by atoms with Gasteiger partial charge < -0.3 is 14.2 Å². The second-order valence-corrected chi connectivity index (χ2v) is 2.65. The Morgan fingerprint density at radius 2 is 2.00 bits per heavy atom. The molecule has 0 aromatic heterocycles. The molecule has 0 aliphatic carbocycles. The molecule has 0 rings (SSSR count). The van der Waals surface area contributed by atoms with Crippen molar-refractivity contribution in [2.24, 2.45) is 0 Å². The van der Waals surface area contributed by atoms with Crippen molar-refractivity contribution in [2.45, 2.75) is 26.4 Å². The Labute approximate surface area is 79.2 Å². The van der Waals surface area contributed by atoms with E-state index in [0.29, 0.717) is 13.2 Å². The molecule has 1 atom stereocenters. The first-order chi connectivity index (χ1) is 6.22. The SMILES string of the molecule is CCCOCCO[C@@H](C)C(=O)OC. The minimum Gasteiger partial charge on any atom is -0.467 e. The van der Waals surface area contributed by atoms with Crippen LogP contribution in [0.25, 0.3) is 0 Å². The summed E-state index contributed by atoms with van der Waals surface area (Å²) >= 11 is 0. The van der Waals surface area contributed by atoms with Gasteiger partial charge in [-0.15, -0.1) is 0 Å². The fourth-order valence-corrected chi connectivity index (χ4v) is 0.764. The van der Waals surface area contributed by atoms with Crippen LogP contribution in [0.4, 0.5) is 0 Å². The van der Waals surface area contributed by atoms with E-state index in [0.717, 1.165) is 13.0 Å². The zero-order valence-corrected chi connectivity index (χ0v) is 8.54. The standard InChI is InChI=1S/C9H18O4/c1-4-5-12-6-7-13-8(2)9(10)11-3/h8H,4-7H2,1-3H3/t8-/m0/s1. The predicted octanol–water partition coefficient (Wildman–Crippen LogP) is 0.991. The van der Waals surface area contributed by atoms with Gasteiger partial charge in [0.15, 0.2) is 6.10 Å². The Bertz CT molecular complexity index is 136. The third-order valence-corrected chi connectivity index (χ3v) is 1.48. The number of carbonyl (C=O) groups excluding carboxylic acids is 1. The summed E-state index contributed by atoms with van der Waals surface area (Å²) in [5.41, 5.74) is 0. The zero-order valence-electron chi connectivity index (χ0n) is 8.54. The lowest BCUT2D eigenvalue weighted by Crippen LogP contribution is -2.23. The van der Waals surface area contributed by atoms with Gasteiger partial charge in [-0.05, 0) is 13.3 Å². The number of hydrogen-bond donors (Lipinski definition) is 0. The van der Waals surface area contributed by atoms with Crippen LogP contribution in [0.2, 0.25) is 0 Å². The van der Waals surface area contributed by atoms with Crippen LogP contribution < -0.4 is 0 Å². The average molecular weight is 190 g/mol. The van der Waals surface area contributed by atoms with Crippen LogP contribution in [0, 0.1) is 0 Å². The first-order valence-corrected chi connectivity index (χ1v) is 4.49. The van der Waals surface area contributed by atoms with Gasteiger partial charge in [0.1, 0.15) is 0 Å². The van der Waals surface area contributed by atoms with Gasteiger partial charge in [-0.3, -0.25) is 0 Å². The molecule has 0 N–H and O–H groups in total. The van der Waals surface area contributed by atoms with Crippen molar-refractivity contribution in [3.8, 4) is 0 Å². The largest absolute Gasteiger partial charge is 0.467 e. The van der Waals surface area contributed by atoms with Crippen molar-refractivity contribution in [2.75, 3.05) is 26.9 Å². The smallest absolute Gasteiger partial charge is 0.334 e. The van der Waals surface area contributed by atoms with E-state index in [1.165, 1.54) is 7.11 Å². The van der Waals surface area contributed by atoms with E-state index in [4.69, 9.17) is 9.47 Å². The van der Waals surface area contributed by atoms with Gasteiger partial charge in [-0.25, -0.2) is 4.79 Å². The molecule has 0 bridgehead atoms. The van der Waals surface area contributed by atoms with E-state index >= 15 is 0 Å². The quantitative estimate of drug-likeness (QED) is 0.443. The maximum absolute atomic E-state index is 10.8. The molecule has 0 amide bonds. The van der Waals surface area contributed by atoms with Crippen molar-refractivity contribution in [3.63, 3.8) is 0 Å². The van der Waals surface area contributed by atoms with Gasteiger partial charge >= 0.3 is 5.97 Å². The fourth-order valence-electron chi connectivity index (χ4n) is 0.764. The highest BCUT2D eigenvalue weighted by Crippen LogP contribution is 1.93. The summed E-state index contributed by atoms with van der Waals surface area (Å²) in [6.45, 7) is 5.38. The Hall–Kier alpha value is -0.610. The second-order valence-electron chi connectivity index (χ2n) is 2.65. The first-order valence-electron chi connectivity index (χ1n) is 4.49. The van der Waals surface area contributed by atoms with Crippen LogP contribution in [-0.2, 0) is 19.0 Å². The van der Waals surface area contributed by atoms with Crippen LogP contribution in [0.15, 0.2) is 0 Å². The Morgan fingerprint density at radius 1 is 1.31 bits per heavy atom. The van der Waals surface area contributed by atoms with E-state index in [1.807, 2.05) is 6.92 Å². The van der Waals surface area contributed by atoms with E-state index in [-0.39, 0.29) is 5.97 Å². The number of esters is 1. The van der Waals surface area contributed by atoms with Crippen LogP contribution in [0.3, 0.4) is 0 Å². The van der Waals surface area contributed by atoms with Crippen LogP contribution >= 0.6 is 0 Å². The summed E-state index contributed by atoms with van der Waals surface area (Å²) in [4.78, 5) is 10.8. The molecule has 13 heavy (non-hydrogen) atoms. The molecule has 0 aliphatic heterocycles. The van der Waals surface area contributed by atoms with Gasteiger partial charge in [0.2, 0.25) is 0 Å². The maximum atomic E-state index is 10.8. The minimum atomic E-state index is -0.504. The van der Waals surface area contributed by atoms with Crippen molar-refractivity contribution in [1.82, 2.24) is 0 Å². The van der Waals surface area contributed by atoms with E-state index < -0.39 is 6.10 Å². The molecule has 0 heterocycles. The van der Waals surface area contributed by atoms with Crippen molar-refractivity contribution in [3.05, 3.63) is 0 Å². The second kappa shape index (κ2) is 8.01. The molecule has 0 unspecified atom stereocenters. The van der Waals surface area contributed by atoms with Gasteiger partial charge in [0, 0.05) is 6.61 Å². The molecule has 0 aromatic carbocycles. The lowest BCUT2D eigenvalue weighted by Gasteiger charge is -2.10. The van der Waals surface area contributed by atoms with Crippen molar-refractivity contribution >= 4 is 5.97 Å². The van der Waals surface area contributed by atoms with Gasteiger partial charge in [0.25, 0.3) is 0 Å². The highest BCUT2D eigenvalue weighted by Gasteiger charge is 2.12. The molecule has 0 aromatic rings. The molecule has 0 saturated carbocycles. The Kier molecular flexibility index (Phi) is 7.63. The Morgan fingerprint density at radius 3 is 2.54 bits per heavy atom. The highest BCUT2D eigenvalue weighted by atomic mass is 16.6. The van der Waals surface area contributed by atoms with E-state index in [2.05, 4.69) is 4.74 Å². The van der Waals surface area contributed by atoms with E-state index in [1.54, 1.807) is 6.92 Å². The van der Waals surface area contributed by atoms with Gasteiger partial charge in [-0.1, -0.05) is 6.92 Å². The van der Waals surface area contributed by atoms with Crippen LogP contribution in [-0.4, -0.2) is 39.0 Å². The molecular formula is C9H18O4. The third-order valence-electron chi connectivity index (χ3n) is 1.48. The molecule has 0 radical (unpaired) electrons. The first kappa shape index (κ1) is 12.4. The summed E-state index contributed by atoms with van der Waals surface area (Å²) in [5, 5.41) is 0. The summed E-state index contributed by atoms with van der Waals surface area (Å²) < 4.78 is 14.8. The third kappa shape index (κ3) is 6.54. The number of carbonyl (C=O) groups is 1. The molecule has 0 fully saturated rings. The lowest BCUT2D eigenvalue weighted by atomic mass is 10.4. The summed E-state index contributed by atoms with van der Waals surface area (Å²) in [6.07, 6.45) is 0.488. The minimum absolute atomic E-state index is 0.351. The topological polar surface area (TPSA) is 44.8 Å². The molecule has 4 heteroatoms. The molecule has 4 nitrogen and oxygen atoms in total. The van der Waals surface area contributed by atoms with Crippen LogP contribution in [0.1, 0.15) is 20.3 Å². The average Bonchev–Trinajstić information content (AvgIpc) is 2.16. The Balaban J connectivity index is 3.26.